The minimum absolute atomic E-state index is 0.421. The van der Waals surface area contributed by atoms with E-state index >= 15 is 0 Å². The minimum atomic E-state index is -3.12. The first kappa shape index (κ1) is 20.3. The molecule has 146 valence electrons. The van der Waals surface area contributed by atoms with Crippen LogP contribution in [0.4, 0.5) is 5.69 Å². The lowest BCUT2D eigenvalue weighted by molar-refractivity contribution is 0.367. The SMILES string of the molecule is CN=C(NCCCNS(C)(=O)=O)N1CCN(c2ccccc2OC)CC1. The zero-order valence-electron chi connectivity index (χ0n) is 15.7. The summed E-state index contributed by atoms with van der Waals surface area (Å²) in [6.45, 7) is 4.58. The van der Waals surface area contributed by atoms with E-state index in [1.165, 1.54) is 6.26 Å². The highest BCUT2D eigenvalue weighted by molar-refractivity contribution is 7.88. The van der Waals surface area contributed by atoms with Gasteiger partial charge >= 0.3 is 0 Å². The van der Waals surface area contributed by atoms with Crippen LogP contribution < -0.4 is 19.7 Å². The number of rotatable bonds is 7. The van der Waals surface area contributed by atoms with Gasteiger partial charge in [0.05, 0.1) is 19.1 Å². The third-order valence-corrected chi connectivity index (χ3v) is 4.95. The van der Waals surface area contributed by atoms with Crippen molar-refractivity contribution in [3.8, 4) is 5.75 Å². The van der Waals surface area contributed by atoms with Gasteiger partial charge in [0.1, 0.15) is 5.75 Å². The molecule has 1 aliphatic heterocycles. The third-order valence-electron chi connectivity index (χ3n) is 4.22. The van der Waals surface area contributed by atoms with Crippen molar-refractivity contribution < 1.29 is 13.2 Å². The molecule has 2 N–H and O–H groups in total. The quantitative estimate of drug-likeness (QED) is 0.401. The van der Waals surface area contributed by atoms with Crippen LogP contribution in [-0.2, 0) is 10.0 Å². The number of methoxy groups -OCH3 is 1. The maximum atomic E-state index is 11.0. The molecule has 1 aliphatic rings. The van der Waals surface area contributed by atoms with Crippen molar-refractivity contribution in [1.29, 1.82) is 0 Å². The smallest absolute Gasteiger partial charge is 0.208 e. The summed E-state index contributed by atoms with van der Waals surface area (Å²) in [6.07, 6.45) is 1.87. The van der Waals surface area contributed by atoms with Gasteiger partial charge in [-0.1, -0.05) is 12.1 Å². The van der Waals surface area contributed by atoms with Crippen LogP contribution in [0.2, 0.25) is 0 Å². The topological polar surface area (TPSA) is 86.3 Å². The standard InChI is InChI=1S/C17H29N5O3S/c1-18-17(19-9-6-10-20-26(3,23)24)22-13-11-21(12-14-22)15-7-4-5-8-16(15)25-2/h4-5,7-8,20H,6,9-14H2,1-3H3,(H,18,19). The largest absolute Gasteiger partial charge is 0.495 e. The van der Waals surface area contributed by atoms with Crippen molar-refractivity contribution in [3.05, 3.63) is 24.3 Å². The molecule has 0 aromatic heterocycles. The van der Waals surface area contributed by atoms with E-state index in [9.17, 15) is 8.42 Å². The van der Waals surface area contributed by atoms with Crippen molar-refractivity contribution >= 4 is 21.7 Å². The van der Waals surface area contributed by atoms with Gasteiger partial charge in [-0.2, -0.15) is 0 Å². The molecule has 2 rings (SSSR count). The summed E-state index contributed by atoms with van der Waals surface area (Å²) in [5, 5.41) is 3.30. The van der Waals surface area contributed by atoms with Gasteiger partial charge in [0, 0.05) is 46.3 Å². The molecule has 0 radical (unpaired) electrons. The summed E-state index contributed by atoms with van der Waals surface area (Å²) in [5.41, 5.74) is 1.12. The number of hydrogen-bond donors (Lipinski definition) is 2. The van der Waals surface area contributed by atoms with Gasteiger partial charge in [-0.25, -0.2) is 13.1 Å². The molecule has 1 fully saturated rings. The van der Waals surface area contributed by atoms with Gasteiger partial charge in [-0.05, 0) is 18.6 Å². The van der Waals surface area contributed by atoms with Crippen molar-refractivity contribution in [3.63, 3.8) is 0 Å². The van der Waals surface area contributed by atoms with E-state index in [0.29, 0.717) is 19.5 Å². The number of benzene rings is 1. The number of hydrogen-bond acceptors (Lipinski definition) is 5. The molecule has 9 heteroatoms. The van der Waals surface area contributed by atoms with Crippen molar-refractivity contribution in [2.45, 2.75) is 6.42 Å². The lowest BCUT2D eigenvalue weighted by Crippen LogP contribution is -2.52. The molecule has 1 heterocycles. The van der Waals surface area contributed by atoms with Gasteiger partial charge in [0.15, 0.2) is 5.96 Å². The Kier molecular flexibility index (Phi) is 7.52. The molecule has 0 atom stereocenters. The molecular formula is C17H29N5O3S. The van der Waals surface area contributed by atoms with Crippen molar-refractivity contribution in [2.24, 2.45) is 4.99 Å². The fourth-order valence-corrected chi connectivity index (χ4v) is 3.44. The summed E-state index contributed by atoms with van der Waals surface area (Å²) >= 11 is 0. The van der Waals surface area contributed by atoms with E-state index in [0.717, 1.165) is 43.6 Å². The van der Waals surface area contributed by atoms with Gasteiger partial charge < -0.3 is 19.9 Å². The zero-order valence-corrected chi connectivity index (χ0v) is 16.6. The molecule has 8 nitrogen and oxygen atoms in total. The average Bonchev–Trinajstić information content (AvgIpc) is 2.64. The van der Waals surface area contributed by atoms with Crippen LogP contribution in [-0.4, -0.2) is 79.0 Å². The number of nitrogens with one attached hydrogen (secondary N) is 2. The Labute approximate surface area is 156 Å². The number of aliphatic imine (C=N–C) groups is 1. The molecule has 1 aromatic rings. The highest BCUT2D eigenvalue weighted by atomic mass is 32.2. The Balaban J connectivity index is 1.80. The first-order chi connectivity index (χ1) is 12.4. The monoisotopic (exact) mass is 383 g/mol. The number of para-hydroxylation sites is 2. The predicted molar refractivity (Wildman–Crippen MR) is 106 cm³/mol. The van der Waals surface area contributed by atoms with E-state index in [2.05, 4.69) is 30.9 Å². The second-order valence-corrected chi connectivity index (χ2v) is 7.97. The molecule has 0 unspecified atom stereocenters. The summed E-state index contributed by atoms with van der Waals surface area (Å²) in [5.74, 6) is 1.74. The highest BCUT2D eigenvalue weighted by Gasteiger charge is 2.21. The van der Waals surface area contributed by atoms with E-state index in [4.69, 9.17) is 4.74 Å². The molecule has 1 saturated heterocycles. The fourth-order valence-electron chi connectivity index (χ4n) is 2.93. The number of ether oxygens (including phenoxy) is 1. The van der Waals surface area contributed by atoms with Crippen LogP contribution in [0.1, 0.15) is 6.42 Å². The Hall–Kier alpha value is -2.00. The van der Waals surface area contributed by atoms with Crippen LogP contribution in [0.25, 0.3) is 0 Å². The van der Waals surface area contributed by atoms with Crippen molar-refractivity contribution in [2.75, 3.05) is 64.6 Å². The fraction of sp³-hybridized carbons (Fsp3) is 0.588. The zero-order chi connectivity index (χ0) is 19.0. The van der Waals surface area contributed by atoms with Gasteiger partial charge in [-0.15, -0.1) is 0 Å². The second-order valence-electron chi connectivity index (χ2n) is 6.14. The number of nitrogens with zero attached hydrogens (tertiary/aromatic N) is 3. The second kappa shape index (κ2) is 9.63. The molecule has 1 aromatic carbocycles. The Bertz CT molecular complexity index is 700. The Morgan fingerprint density at radius 2 is 1.88 bits per heavy atom. The van der Waals surface area contributed by atoms with E-state index in [-0.39, 0.29) is 0 Å². The lowest BCUT2D eigenvalue weighted by Gasteiger charge is -2.38. The number of sulfonamides is 1. The molecule has 0 amide bonds. The Morgan fingerprint density at radius 1 is 1.19 bits per heavy atom. The van der Waals surface area contributed by atoms with E-state index < -0.39 is 10.0 Å². The molecule has 0 spiro atoms. The maximum Gasteiger partial charge on any atom is 0.208 e. The first-order valence-electron chi connectivity index (χ1n) is 8.73. The van der Waals surface area contributed by atoms with Gasteiger partial charge in [0.25, 0.3) is 0 Å². The summed E-state index contributed by atoms with van der Waals surface area (Å²) in [4.78, 5) is 8.88. The summed E-state index contributed by atoms with van der Waals surface area (Å²) < 4.78 is 30.0. The summed E-state index contributed by atoms with van der Waals surface area (Å²) in [6, 6.07) is 8.06. The molecule has 26 heavy (non-hydrogen) atoms. The average molecular weight is 384 g/mol. The summed E-state index contributed by atoms with van der Waals surface area (Å²) in [7, 11) is 0.338. The van der Waals surface area contributed by atoms with E-state index in [1.54, 1.807) is 14.2 Å². The molecular weight excluding hydrogens is 354 g/mol. The van der Waals surface area contributed by atoms with Crippen LogP contribution in [0.3, 0.4) is 0 Å². The molecule has 0 aliphatic carbocycles. The predicted octanol–water partition coefficient (Wildman–Crippen LogP) is 0.332. The van der Waals surface area contributed by atoms with Crippen LogP contribution in [0.5, 0.6) is 5.75 Å². The van der Waals surface area contributed by atoms with Gasteiger partial charge in [0.2, 0.25) is 10.0 Å². The minimum Gasteiger partial charge on any atom is -0.495 e. The first-order valence-corrected chi connectivity index (χ1v) is 10.6. The maximum absolute atomic E-state index is 11.0. The molecule has 0 saturated carbocycles. The van der Waals surface area contributed by atoms with Crippen LogP contribution >= 0.6 is 0 Å². The van der Waals surface area contributed by atoms with Crippen LogP contribution in [0, 0.1) is 0 Å². The third kappa shape index (κ3) is 6.06. The van der Waals surface area contributed by atoms with Gasteiger partial charge in [-0.3, -0.25) is 4.99 Å². The number of piperazine rings is 1. The van der Waals surface area contributed by atoms with Crippen molar-refractivity contribution in [1.82, 2.24) is 14.9 Å². The normalized spacial score (nSPS) is 15.9. The number of guanidine groups is 1. The van der Waals surface area contributed by atoms with E-state index in [1.807, 2.05) is 18.2 Å². The Morgan fingerprint density at radius 3 is 2.50 bits per heavy atom. The number of anilines is 1. The van der Waals surface area contributed by atoms with Crippen LogP contribution in [0.15, 0.2) is 29.3 Å². The highest BCUT2D eigenvalue weighted by Crippen LogP contribution is 2.28. The lowest BCUT2D eigenvalue weighted by atomic mass is 10.2. The molecule has 0 bridgehead atoms.